The van der Waals surface area contributed by atoms with Crippen LogP contribution in [-0.4, -0.2) is 22.6 Å². The Labute approximate surface area is 176 Å². The van der Waals surface area contributed by atoms with Crippen molar-refractivity contribution < 1.29 is 17.9 Å². The highest BCUT2D eigenvalue weighted by Crippen LogP contribution is 2.25. The van der Waals surface area contributed by atoms with Crippen LogP contribution in [0.25, 0.3) is 0 Å². The lowest BCUT2D eigenvalue weighted by atomic mass is 9.99. The molecule has 0 amide bonds. The number of sulfonamides is 1. The summed E-state index contributed by atoms with van der Waals surface area (Å²) in [5.74, 6) is 1.45. The van der Waals surface area contributed by atoms with Gasteiger partial charge < -0.3 is 9.47 Å². The summed E-state index contributed by atoms with van der Waals surface area (Å²) in [5.41, 5.74) is 1.81. The number of ether oxygens (including phenoxy) is 2. The predicted molar refractivity (Wildman–Crippen MR) is 114 cm³/mol. The topological polar surface area (TPSA) is 64.6 Å². The van der Waals surface area contributed by atoms with Gasteiger partial charge in [-0.2, -0.15) is 0 Å². The van der Waals surface area contributed by atoms with Crippen LogP contribution in [0.5, 0.6) is 11.5 Å². The van der Waals surface area contributed by atoms with Crippen LogP contribution < -0.4 is 14.2 Å². The minimum Gasteiger partial charge on any atom is -0.497 e. The van der Waals surface area contributed by atoms with Crippen molar-refractivity contribution >= 4 is 21.6 Å². The third-order valence-electron chi connectivity index (χ3n) is 4.54. The average molecular weight is 432 g/mol. The van der Waals surface area contributed by atoms with Crippen LogP contribution in [0.2, 0.25) is 5.02 Å². The lowest BCUT2D eigenvalue weighted by Gasteiger charge is -2.20. The molecule has 7 heteroatoms. The van der Waals surface area contributed by atoms with Crippen LogP contribution in [0.1, 0.15) is 17.2 Å². The molecule has 0 fully saturated rings. The van der Waals surface area contributed by atoms with E-state index in [1.165, 1.54) is 12.1 Å². The molecule has 0 saturated heterocycles. The molecule has 29 heavy (non-hydrogen) atoms. The molecule has 5 nitrogen and oxygen atoms in total. The molecule has 0 aliphatic heterocycles. The van der Waals surface area contributed by atoms with Crippen molar-refractivity contribution in [3.63, 3.8) is 0 Å². The minimum atomic E-state index is -3.74. The van der Waals surface area contributed by atoms with Gasteiger partial charge in [0, 0.05) is 5.02 Å². The van der Waals surface area contributed by atoms with Gasteiger partial charge in [-0.05, 0) is 66.1 Å². The Kier molecular flexibility index (Phi) is 6.79. The van der Waals surface area contributed by atoms with Gasteiger partial charge in [-0.3, -0.25) is 0 Å². The Morgan fingerprint density at radius 1 is 0.828 bits per heavy atom. The maximum atomic E-state index is 12.9. The van der Waals surface area contributed by atoms with Gasteiger partial charge in [-0.1, -0.05) is 35.9 Å². The Bertz CT molecular complexity index is 1030. The van der Waals surface area contributed by atoms with Gasteiger partial charge in [0.15, 0.2) is 0 Å². The van der Waals surface area contributed by atoms with Crippen LogP contribution in [-0.2, 0) is 16.4 Å². The second-order valence-electron chi connectivity index (χ2n) is 6.45. The van der Waals surface area contributed by atoms with Crippen molar-refractivity contribution in [1.29, 1.82) is 0 Å². The summed E-state index contributed by atoms with van der Waals surface area (Å²) in [5, 5.41) is 0.480. The second kappa shape index (κ2) is 9.31. The fourth-order valence-electron chi connectivity index (χ4n) is 2.93. The SMILES string of the molecule is COc1ccc(CC(NS(=O)(=O)c2ccc(Cl)cc2)c2ccc(OC)cc2)cc1. The zero-order chi connectivity index (χ0) is 20.9. The number of rotatable bonds is 8. The normalized spacial score (nSPS) is 12.4. The molecule has 0 spiro atoms. The first-order chi connectivity index (χ1) is 13.9. The Balaban J connectivity index is 1.91. The molecule has 0 aliphatic rings. The third kappa shape index (κ3) is 5.50. The molecule has 3 aromatic carbocycles. The monoisotopic (exact) mass is 431 g/mol. The summed E-state index contributed by atoms with van der Waals surface area (Å²) in [6, 6.07) is 20.5. The predicted octanol–water partition coefficient (Wildman–Crippen LogP) is 4.62. The number of hydrogen-bond acceptors (Lipinski definition) is 4. The maximum Gasteiger partial charge on any atom is 0.241 e. The van der Waals surface area contributed by atoms with Gasteiger partial charge >= 0.3 is 0 Å². The van der Waals surface area contributed by atoms with Crippen molar-refractivity contribution in [2.24, 2.45) is 0 Å². The standard InChI is InChI=1S/C22H22ClNO4S/c1-27-19-9-3-16(4-10-19)15-22(17-5-11-20(28-2)12-6-17)24-29(25,26)21-13-7-18(23)8-14-21/h3-14,22,24H,15H2,1-2H3. The summed E-state index contributed by atoms with van der Waals surface area (Å²) in [6.45, 7) is 0. The van der Waals surface area contributed by atoms with Gasteiger partial charge in [0.25, 0.3) is 0 Å². The first-order valence-corrected chi connectivity index (χ1v) is 10.8. The molecule has 0 saturated carbocycles. The molecule has 1 unspecified atom stereocenters. The van der Waals surface area contributed by atoms with Crippen LogP contribution in [0, 0.1) is 0 Å². The minimum absolute atomic E-state index is 0.162. The van der Waals surface area contributed by atoms with E-state index in [2.05, 4.69) is 4.72 Å². The van der Waals surface area contributed by atoms with E-state index in [1.807, 2.05) is 48.5 Å². The summed E-state index contributed by atoms with van der Waals surface area (Å²) in [4.78, 5) is 0.162. The molecule has 1 atom stereocenters. The van der Waals surface area contributed by atoms with E-state index in [4.69, 9.17) is 21.1 Å². The molecule has 0 bridgehead atoms. The lowest BCUT2D eigenvalue weighted by Crippen LogP contribution is -2.30. The molecule has 0 heterocycles. The zero-order valence-electron chi connectivity index (χ0n) is 16.1. The van der Waals surface area contributed by atoms with Crippen LogP contribution in [0.4, 0.5) is 0 Å². The highest BCUT2D eigenvalue weighted by atomic mass is 35.5. The third-order valence-corrected chi connectivity index (χ3v) is 6.28. The molecule has 0 aliphatic carbocycles. The van der Waals surface area contributed by atoms with E-state index in [0.29, 0.717) is 17.2 Å². The molecule has 3 aromatic rings. The van der Waals surface area contributed by atoms with Gasteiger partial charge in [-0.15, -0.1) is 0 Å². The van der Waals surface area contributed by atoms with Gasteiger partial charge in [0.1, 0.15) is 11.5 Å². The molecule has 0 radical (unpaired) electrons. The van der Waals surface area contributed by atoms with Crippen molar-refractivity contribution in [2.45, 2.75) is 17.4 Å². The largest absolute Gasteiger partial charge is 0.497 e. The van der Waals surface area contributed by atoms with Crippen molar-refractivity contribution in [1.82, 2.24) is 4.72 Å². The first kappa shape index (κ1) is 21.2. The van der Waals surface area contributed by atoms with E-state index >= 15 is 0 Å². The van der Waals surface area contributed by atoms with Crippen LogP contribution in [0.3, 0.4) is 0 Å². The summed E-state index contributed by atoms with van der Waals surface area (Å²) in [7, 11) is -0.541. The zero-order valence-corrected chi connectivity index (χ0v) is 17.7. The highest BCUT2D eigenvalue weighted by Gasteiger charge is 2.22. The second-order valence-corrected chi connectivity index (χ2v) is 8.60. The Hall–Kier alpha value is -2.54. The van der Waals surface area contributed by atoms with Crippen molar-refractivity contribution in [2.75, 3.05) is 14.2 Å². The average Bonchev–Trinajstić information content (AvgIpc) is 2.74. The van der Waals surface area contributed by atoms with E-state index in [9.17, 15) is 8.42 Å². The number of methoxy groups -OCH3 is 2. The molecular formula is C22H22ClNO4S. The molecular weight excluding hydrogens is 410 g/mol. The van der Waals surface area contributed by atoms with E-state index in [1.54, 1.807) is 26.4 Å². The molecule has 1 N–H and O–H groups in total. The number of hydrogen-bond donors (Lipinski definition) is 1. The fourth-order valence-corrected chi connectivity index (χ4v) is 4.28. The van der Waals surface area contributed by atoms with Crippen LogP contribution in [0.15, 0.2) is 77.7 Å². The number of benzene rings is 3. The summed E-state index contributed by atoms with van der Waals surface area (Å²) < 4.78 is 39.1. The van der Waals surface area contributed by atoms with Gasteiger partial charge in [0.05, 0.1) is 25.2 Å². The molecule has 152 valence electrons. The summed E-state index contributed by atoms with van der Waals surface area (Å²) >= 11 is 5.89. The van der Waals surface area contributed by atoms with E-state index < -0.39 is 16.1 Å². The molecule has 0 aromatic heterocycles. The van der Waals surface area contributed by atoms with Gasteiger partial charge in [-0.25, -0.2) is 13.1 Å². The van der Waals surface area contributed by atoms with Crippen molar-refractivity contribution in [3.05, 3.63) is 88.9 Å². The Morgan fingerprint density at radius 3 is 1.86 bits per heavy atom. The first-order valence-electron chi connectivity index (χ1n) is 8.96. The van der Waals surface area contributed by atoms with E-state index in [0.717, 1.165) is 16.9 Å². The smallest absolute Gasteiger partial charge is 0.241 e. The Morgan fingerprint density at radius 2 is 1.34 bits per heavy atom. The van der Waals surface area contributed by atoms with Gasteiger partial charge in [0.2, 0.25) is 10.0 Å². The van der Waals surface area contributed by atoms with E-state index in [-0.39, 0.29) is 4.90 Å². The lowest BCUT2D eigenvalue weighted by molar-refractivity contribution is 0.414. The summed E-state index contributed by atoms with van der Waals surface area (Å²) in [6.07, 6.45) is 0.475. The maximum absolute atomic E-state index is 12.9. The highest BCUT2D eigenvalue weighted by molar-refractivity contribution is 7.89. The number of halogens is 1. The van der Waals surface area contributed by atoms with Crippen LogP contribution >= 0.6 is 11.6 Å². The van der Waals surface area contributed by atoms with Crippen molar-refractivity contribution in [3.8, 4) is 11.5 Å². The number of nitrogens with one attached hydrogen (secondary N) is 1. The fraction of sp³-hybridized carbons (Fsp3) is 0.182. The molecule has 3 rings (SSSR count). The quantitative estimate of drug-likeness (QED) is 0.565.